The zero-order chi connectivity index (χ0) is 41.0. The Kier molecular flexibility index (Phi) is 11.6. The van der Waals surface area contributed by atoms with Gasteiger partial charge in [0.05, 0.1) is 14.7 Å². The number of hydrogen-bond donors (Lipinski definition) is 0. The second-order valence-corrected chi connectivity index (χ2v) is 18.4. The summed E-state index contributed by atoms with van der Waals surface area (Å²) in [5, 5.41) is 12.7. The van der Waals surface area contributed by atoms with Gasteiger partial charge < -0.3 is 14.6 Å². The lowest BCUT2D eigenvalue weighted by molar-refractivity contribution is -0.703. The van der Waals surface area contributed by atoms with Gasteiger partial charge in [-0.3, -0.25) is 9.78 Å². The van der Waals surface area contributed by atoms with E-state index < -0.39 is 31.2 Å². The molecule has 5 aromatic rings. The van der Waals surface area contributed by atoms with E-state index in [1.54, 1.807) is 36.4 Å². The molecule has 3 aromatic heterocycles. The van der Waals surface area contributed by atoms with Crippen LogP contribution in [-0.4, -0.2) is 53.0 Å². The number of benzene rings is 2. The fraction of sp³-hybridized carbons (Fsp3) is 0.217. The first-order chi connectivity index (χ1) is 28.6. The number of aromatic nitrogens is 3. The standard InChI is InChI=1S/C26H17NO6S2.C20H26N2O2/c28-25-19-5-1-3-7-21(19)34(30,31)23(25)11-9-17(18-13-15-27-16-14-18)10-12-24-26(29)20-6-2-4-8-22(20)35(24,32)33;1-3-19(23-13-1)15-21-9-5-17(6-10-21)18-7-11-22(12-8-18)16-20-4-2-14-24-20/h1-16,28H;5-12,19-20H,1-4,13-16H2/q;+2/p-1. The Morgan fingerprint density at radius 1 is 0.712 bits per heavy atom. The number of hydrogen-bond acceptors (Lipinski definition) is 9. The zero-order valence-corrected chi connectivity index (χ0v) is 33.7. The van der Waals surface area contributed by atoms with E-state index >= 15 is 0 Å². The fourth-order valence-electron chi connectivity index (χ4n) is 7.57. The molecule has 0 N–H and O–H groups in total. The highest BCUT2D eigenvalue weighted by atomic mass is 32.2. The van der Waals surface area contributed by atoms with Gasteiger partial charge in [0.25, 0.3) is 0 Å². The molecule has 0 saturated carbocycles. The maximum absolute atomic E-state index is 12.9. The molecule has 300 valence electrons. The molecule has 11 nitrogen and oxygen atoms in total. The van der Waals surface area contributed by atoms with E-state index in [1.165, 1.54) is 97.8 Å². The van der Waals surface area contributed by atoms with Crippen molar-refractivity contribution in [2.45, 2.75) is 60.8 Å². The Morgan fingerprint density at radius 3 is 1.75 bits per heavy atom. The number of carbonyl (C=O) groups is 1. The molecular weight excluding hydrogens is 787 g/mol. The number of fused-ring (bicyclic) bond motifs is 2. The van der Waals surface area contributed by atoms with E-state index in [-0.39, 0.29) is 30.7 Å². The van der Waals surface area contributed by atoms with E-state index in [0.29, 0.717) is 23.3 Å². The van der Waals surface area contributed by atoms with Gasteiger partial charge in [-0.05, 0) is 96.0 Å². The SMILES string of the molecule is O=C1C(=CC=C(C=CC2=C([O-])c3ccccc3S2(=O)=O)c2ccncc2)S(=O)(=O)c2ccccc21.c1c[n+](CC2CCCO2)ccc1-c1cc[n+](CC2CCCO2)cc1. The summed E-state index contributed by atoms with van der Waals surface area (Å²) in [6, 6.07) is 24.0. The minimum Gasteiger partial charge on any atom is -0.871 e. The third kappa shape index (κ3) is 8.51. The molecule has 0 bridgehead atoms. The molecule has 13 heteroatoms. The van der Waals surface area contributed by atoms with Crippen LogP contribution >= 0.6 is 0 Å². The van der Waals surface area contributed by atoms with E-state index in [1.807, 2.05) is 0 Å². The molecular formula is C46H42N3O8S2+. The van der Waals surface area contributed by atoms with Crippen LogP contribution in [0.1, 0.15) is 47.2 Å². The lowest BCUT2D eigenvalue weighted by Gasteiger charge is -2.08. The molecule has 2 unspecified atom stereocenters. The highest BCUT2D eigenvalue weighted by Gasteiger charge is 2.38. The zero-order valence-electron chi connectivity index (χ0n) is 32.1. The number of rotatable bonds is 9. The summed E-state index contributed by atoms with van der Waals surface area (Å²) in [5.41, 5.74) is 3.67. The largest absolute Gasteiger partial charge is 0.871 e. The van der Waals surface area contributed by atoms with Crippen LogP contribution in [0.15, 0.2) is 166 Å². The van der Waals surface area contributed by atoms with Gasteiger partial charge in [-0.25, -0.2) is 26.0 Å². The summed E-state index contributed by atoms with van der Waals surface area (Å²) in [5.74, 6) is -1.23. The number of nitrogens with zero attached hydrogens (tertiary/aromatic N) is 3. The summed E-state index contributed by atoms with van der Waals surface area (Å²) < 4.78 is 67.4. The van der Waals surface area contributed by atoms with Crippen molar-refractivity contribution in [1.82, 2.24) is 4.98 Å². The van der Waals surface area contributed by atoms with Crippen molar-refractivity contribution in [3.05, 3.63) is 173 Å². The molecule has 2 atom stereocenters. The van der Waals surface area contributed by atoms with Crippen LogP contribution in [0.2, 0.25) is 0 Å². The molecule has 59 heavy (non-hydrogen) atoms. The van der Waals surface area contributed by atoms with Gasteiger partial charge in [0, 0.05) is 55.4 Å². The number of allylic oxidation sites excluding steroid dienone is 6. The number of ether oxygens (including phenoxy) is 2. The first kappa shape index (κ1) is 39.9. The lowest BCUT2D eigenvalue weighted by atomic mass is 10.1. The molecule has 2 saturated heterocycles. The van der Waals surface area contributed by atoms with Gasteiger partial charge in [-0.15, -0.1) is 0 Å². The first-order valence-electron chi connectivity index (χ1n) is 19.5. The van der Waals surface area contributed by atoms with E-state index in [2.05, 4.69) is 63.2 Å². The molecule has 0 amide bonds. The van der Waals surface area contributed by atoms with Crippen LogP contribution in [0.3, 0.4) is 0 Å². The summed E-state index contributed by atoms with van der Waals surface area (Å²) >= 11 is 0. The molecule has 7 heterocycles. The normalized spacial score (nSPS) is 21.1. The van der Waals surface area contributed by atoms with Crippen molar-refractivity contribution in [3.8, 4) is 11.1 Å². The van der Waals surface area contributed by atoms with Crippen molar-refractivity contribution < 1.29 is 45.3 Å². The summed E-state index contributed by atoms with van der Waals surface area (Å²) in [6.07, 6.45) is 22.4. The van der Waals surface area contributed by atoms with Crippen molar-refractivity contribution >= 4 is 36.8 Å². The van der Waals surface area contributed by atoms with Gasteiger partial charge in [0.1, 0.15) is 17.1 Å². The predicted molar refractivity (Wildman–Crippen MR) is 218 cm³/mol. The Hall–Kier alpha value is -5.86. The maximum atomic E-state index is 12.9. The molecule has 9 rings (SSSR count). The number of pyridine rings is 3. The maximum Gasteiger partial charge on any atom is 0.211 e. The second-order valence-electron chi connectivity index (χ2n) is 14.6. The van der Waals surface area contributed by atoms with Gasteiger partial charge >= 0.3 is 0 Å². The molecule has 4 aliphatic rings. The summed E-state index contributed by atoms with van der Waals surface area (Å²) in [7, 11) is -7.98. The van der Waals surface area contributed by atoms with Crippen molar-refractivity contribution in [2.24, 2.45) is 0 Å². The van der Waals surface area contributed by atoms with Crippen LogP contribution in [-0.2, 0) is 42.2 Å². The lowest BCUT2D eigenvalue weighted by Crippen LogP contribution is -2.39. The van der Waals surface area contributed by atoms with Crippen LogP contribution in [0.4, 0.5) is 0 Å². The first-order valence-corrected chi connectivity index (χ1v) is 22.4. The number of sulfone groups is 2. The fourth-order valence-corrected chi connectivity index (χ4v) is 10.7. The Labute approximate surface area is 343 Å². The molecule has 0 radical (unpaired) electrons. The number of Topliss-reactive ketones (excluding diaryl/α,β-unsaturated/α-hetero) is 1. The van der Waals surface area contributed by atoms with Crippen LogP contribution in [0, 0.1) is 0 Å². The van der Waals surface area contributed by atoms with E-state index in [4.69, 9.17) is 9.47 Å². The van der Waals surface area contributed by atoms with E-state index in [0.717, 1.165) is 26.3 Å². The summed E-state index contributed by atoms with van der Waals surface area (Å²) in [4.78, 5) is 15.8. The molecule has 0 spiro atoms. The topological polar surface area (TPSA) is 148 Å². The molecule has 2 aromatic carbocycles. The quantitative estimate of drug-likeness (QED) is 0.109. The summed E-state index contributed by atoms with van der Waals surface area (Å²) in [6.45, 7) is 3.74. The average molecular weight is 829 g/mol. The van der Waals surface area contributed by atoms with Gasteiger partial charge in [-0.1, -0.05) is 48.2 Å². The van der Waals surface area contributed by atoms with Gasteiger partial charge in [0.15, 0.2) is 37.9 Å². The minimum absolute atomic E-state index is 0.0541. The molecule has 0 aliphatic carbocycles. The van der Waals surface area contributed by atoms with Crippen LogP contribution in [0.25, 0.3) is 22.5 Å². The Morgan fingerprint density at radius 2 is 1.24 bits per heavy atom. The Balaban J connectivity index is 0.000000176. The average Bonchev–Trinajstić information content (AvgIpc) is 4.05. The van der Waals surface area contributed by atoms with Crippen LogP contribution in [0.5, 0.6) is 0 Å². The predicted octanol–water partition coefficient (Wildman–Crippen LogP) is 5.38. The third-order valence-corrected chi connectivity index (χ3v) is 14.4. The molecule has 2 fully saturated rings. The smallest absolute Gasteiger partial charge is 0.211 e. The Bertz CT molecular complexity index is 2660. The van der Waals surface area contributed by atoms with E-state index in [9.17, 15) is 26.7 Å². The highest BCUT2D eigenvalue weighted by molar-refractivity contribution is 7.97. The second kappa shape index (κ2) is 17.2. The molecule has 4 aliphatic heterocycles. The van der Waals surface area contributed by atoms with Gasteiger partial charge in [0.2, 0.25) is 25.5 Å². The number of carbonyl (C=O) groups excluding carboxylic acids is 1. The van der Waals surface area contributed by atoms with Crippen molar-refractivity contribution in [2.75, 3.05) is 13.2 Å². The van der Waals surface area contributed by atoms with Crippen LogP contribution < -0.4 is 14.2 Å². The minimum atomic E-state index is -3.99. The highest BCUT2D eigenvalue weighted by Crippen LogP contribution is 2.38. The monoisotopic (exact) mass is 828 g/mol. The number of ketones is 1. The van der Waals surface area contributed by atoms with Gasteiger partial charge in [-0.2, -0.15) is 0 Å². The third-order valence-electron chi connectivity index (χ3n) is 10.7. The van der Waals surface area contributed by atoms with Crippen molar-refractivity contribution in [1.29, 1.82) is 0 Å². The van der Waals surface area contributed by atoms with Crippen molar-refractivity contribution in [3.63, 3.8) is 0 Å².